The summed E-state index contributed by atoms with van der Waals surface area (Å²) in [6, 6.07) is 22.9. The van der Waals surface area contributed by atoms with E-state index in [-0.39, 0.29) is 12.3 Å². The number of hydrogen-bond acceptors (Lipinski definition) is 5. The highest BCUT2D eigenvalue weighted by atomic mass is 32.1. The second-order valence-electron chi connectivity index (χ2n) is 7.20. The summed E-state index contributed by atoms with van der Waals surface area (Å²) >= 11 is 1.73. The smallest absolute Gasteiger partial charge is 0.217 e. The van der Waals surface area contributed by atoms with Gasteiger partial charge in [0.05, 0.1) is 34.1 Å². The summed E-state index contributed by atoms with van der Waals surface area (Å²) in [5, 5.41) is 16.7. The summed E-state index contributed by atoms with van der Waals surface area (Å²) < 4.78 is 6.48. The third kappa shape index (κ3) is 2.68. The number of rotatable bonds is 3. The molecule has 29 heavy (non-hydrogen) atoms. The number of hydrogen-bond donors (Lipinski definition) is 1. The Labute approximate surface area is 172 Å². The highest BCUT2D eigenvalue weighted by Crippen LogP contribution is 2.48. The van der Waals surface area contributed by atoms with Crippen molar-refractivity contribution in [1.82, 2.24) is 15.2 Å². The third-order valence-corrected chi connectivity index (χ3v) is 6.42. The molecule has 1 N–H and O–H groups in total. The predicted molar refractivity (Wildman–Crippen MR) is 114 cm³/mol. The number of aromatic nitrogens is 2. The molecule has 0 bridgehead atoms. The molecule has 6 heteroatoms. The fourth-order valence-electron chi connectivity index (χ4n) is 4.15. The molecule has 0 radical (unpaired) electrons. The number of nitrogens with zero attached hydrogens (tertiary/aromatic N) is 3. The SMILES string of the molecule is c1ccc(-c2[nH]ncc2[C@H]2Oc3ccccc3[C@@H]3CC(c4cccs4)=NN23)cc1. The number of nitrogens with one attached hydrogen (secondary N) is 1. The first-order valence-corrected chi connectivity index (χ1v) is 10.5. The summed E-state index contributed by atoms with van der Waals surface area (Å²) in [5.41, 5.74) is 5.34. The van der Waals surface area contributed by atoms with E-state index in [4.69, 9.17) is 9.84 Å². The molecule has 2 atom stereocenters. The zero-order valence-corrected chi connectivity index (χ0v) is 16.3. The molecule has 0 aliphatic carbocycles. The fourth-order valence-corrected chi connectivity index (χ4v) is 4.87. The topological polar surface area (TPSA) is 53.5 Å². The van der Waals surface area contributed by atoms with Crippen molar-refractivity contribution in [3.05, 3.63) is 94.3 Å². The lowest BCUT2D eigenvalue weighted by Crippen LogP contribution is -2.33. The van der Waals surface area contributed by atoms with Crippen molar-refractivity contribution in [2.45, 2.75) is 18.7 Å². The van der Waals surface area contributed by atoms with E-state index in [2.05, 4.69) is 57.0 Å². The summed E-state index contributed by atoms with van der Waals surface area (Å²) in [4.78, 5) is 1.21. The quantitative estimate of drug-likeness (QED) is 0.504. The van der Waals surface area contributed by atoms with Gasteiger partial charge in [0, 0.05) is 17.5 Å². The summed E-state index contributed by atoms with van der Waals surface area (Å²) in [5.74, 6) is 0.918. The van der Waals surface area contributed by atoms with Gasteiger partial charge < -0.3 is 4.74 Å². The molecule has 2 aliphatic heterocycles. The van der Waals surface area contributed by atoms with Crippen LogP contribution in [0.25, 0.3) is 11.3 Å². The van der Waals surface area contributed by atoms with Gasteiger partial charge in [-0.15, -0.1) is 11.3 Å². The van der Waals surface area contributed by atoms with Crippen molar-refractivity contribution in [2.24, 2.45) is 5.10 Å². The minimum atomic E-state index is -0.332. The molecule has 0 amide bonds. The minimum Gasteiger partial charge on any atom is -0.464 e. The first-order chi connectivity index (χ1) is 14.4. The second kappa shape index (κ2) is 6.60. The van der Waals surface area contributed by atoms with Crippen LogP contribution >= 0.6 is 11.3 Å². The number of hydrazone groups is 1. The van der Waals surface area contributed by atoms with Crippen LogP contribution in [0.1, 0.15) is 34.7 Å². The number of ether oxygens (including phenoxy) is 1. The standard InChI is InChI=1S/C23H18N4OS/c1-2-7-15(8-3-1)22-17(14-24-25-22)23-27-19(16-9-4-5-10-20(16)28-23)13-18(26-27)21-11-6-12-29-21/h1-12,14,19,23H,13H2,(H,24,25)/t19-,23+/m0/s1. The van der Waals surface area contributed by atoms with Crippen LogP contribution in [0.5, 0.6) is 5.75 Å². The van der Waals surface area contributed by atoms with E-state index in [9.17, 15) is 0 Å². The highest BCUT2D eigenvalue weighted by molar-refractivity contribution is 7.12. The molecule has 142 valence electrons. The Kier molecular flexibility index (Phi) is 3.77. The van der Waals surface area contributed by atoms with Crippen molar-refractivity contribution in [3.8, 4) is 17.0 Å². The van der Waals surface area contributed by atoms with Crippen LogP contribution in [0.3, 0.4) is 0 Å². The molecule has 6 rings (SSSR count). The van der Waals surface area contributed by atoms with Gasteiger partial charge in [0.15, 0.2) is 0 Å². The largest absolute Gasteiger partial charge is 0.464 e. The monoisotopic (exact) mass is 398 g/mol. The summed E-state index contributed by atoms with van der Waals surface area (Å²) in [6.07, 6.45) is 2.40. The van der Waals surface area contributed by atoms with Gasteiger partial charge >= 0.3 is 0 Å². The average molecular weight is 398 g/mol. The number of fused-ring (bicyclic) bond motifs is 3. The molecule has 4 aromatic rings. The van der Waals surface area contributed by atoms with Gasteiger partial charge in [0.2, 0.25) is 6.23 Å². The Bertz CT molecular complexity index is 1180. The van der Waals surface area contributed by atoms with Crippen molar-refractivity contribution in [1.29, 1.82) is 0 Å². The maximum atomic E-state index is 6.48. The van der Waals surface area contributed by atoms with E-state index in [0.29, 0.717) is 0 Å². The number of aromatic amines is 1. The van der Waals surface area contributed by atoms with E-state index in [1.54, 1.807) is 11.3 Å². The van der Waals surface area contributed by atoms with Crippen LogP contribution in [0.4, 0.5) is 0 Å². The fraction of sp³-hybridized carbons (Fsp3) is 0.130. The summed E-state index contributed by atoms with van der Waals surface area (Å²) in [7, 11) is 0. The Morgan fingerprint density at radius 3 is 2.69 bits per heavy atom. The number of H-pyrrole nitrogens is 1. The molecule has 2 aliphatic rings. The molecule has 0 saturated carbocycles. The Morgan fingerprint density at radius 2 is 1.83 bits per heavy atom. The molecular weight excluding hydrogens is 380 g/mol. The Hall–Kier alpha value is -3.38. The van der Waals surface area contributed by atoms with Gasteiger partial charge in [-0.1, -0.05) is 54.6 Å². The average Bonchev–Trinajstić information content (AvgIpc) is 3.54. The minimum absolute atomic E-state index is 0.153. The van der Waals surface area contributed by atoms with E-state index in [0.717, 1.165) is 34.7 Å². The lowest BCUT2D eigenvalue weighted by Gasteiger charge is -2.38. The summed E-state index contributed by atoms with van der Waals surface area (Å²) in [6.45, 7) is 0. The second-order valence-corrected chi connectivity index (χ2v) is 8.15. The molecule has 0 fully saturated rings. The maximum absolute atomic E-state index is 6.48. The maximum Gasteiger partial charge on any atom is 0.217 e. The van der Waals surface area contributed by atoms with Crippen molar-refractivity contribution in [2.75, 3.05) is 0 Å². The normalized spacial score (nSPS) is 20.0. The molecule has 2 aromatic heterocycles. The van der Waals surface area contributed by atoms with Gasteiger partial charge in [-0.3, -0.25) is 5.10 Å². The Morgan fingerprint density at radius 1 is 0.966 bits per heavy atom. The van der Waals surface area contributed by atoms with Crippen molar-refractivity contribution in [3.63, 3.8) is 0 Å². The van der Waals surface area contributed by atoms with Gasteiger partial charge in [0.25, 0.3) is 0 Å². The van der Waals surface area contributed by atoms with Crippen LogP contribution in [0.2, 0.25) is 0 Å². The van der Waals surface area contributed by atoms with E-state index in [1.165, 1.54) is 10.4 Å². The number of para-hydroxylation sites is 1. The van der Waals surface area contributed by atoms with Crippen molar-refractivity contribution < 1.29 is 4.74 Å². The molecule has 4 heterocycles. The van der Waals surface area contributed by atoms with Crippen LogP contribution in [0.15, 0.2) is 83.4 Å². The number of thiophene rings is 1. The lowest BCUT2D eigenvalue weighted by atomic mass is 9.97. The molecule has 5 nitrogen and oxygen atoms in total. The van der Waals surface area contributed by atoms with Crippen LogP contribution in [-0.2, 0) is 0 Å². The van der Waals surface area contributed by atoms with Gasteiger partial charge in [-0.05, 0) is 17.5 Å². The first-order valence-electron chi connectivity index (χ1n) is 9.62. The third-order valence-electron chi connectivity index (χ3n) is 5.50. The molecule has 0 spiro atoms. The first kappa shape index (κ1) is 16.6. The van der Waals surface area contributed by atoms with Crippen LogP contribution in [0, 0.1) is 0 Å². The number of benzene rings is 2. The van der Waals surface area contributed by atoms with E-state index in [1.807, 2.05) is 36.5 Å². The molecular formula is C23H18N4OS. The zero-order valence-electron chi connectivity index (χ0n) is 15.5. The molecule has 0 unspecified atom stereocenters. The van der Waals surface area contributed by atoms with E-state index < -0.39 is 0 Å². The van der Waals surface area contributed by atoms with Crippen LogP contribution < -0.4 is 4.74 Å². The van der Waals surface area contributed by atoms with Gasteiger partial charge in [-0.25, -0.2) is 5.01 Å². The van der Waals surface area contributed by atoms with Crippen molar-refractivity contribution >= 4 is 17.0 Å². The van der Waals surface area contributed by atoms with Gasteiger partial charge in [-0.2, -0.15) is 10.2 Å². The lowest BCUT2D eigenvalue weighted by molar-refractivity contribution is -0.0186. The molecule has 2 aromatic carbocycles. The molecule has 0 saturated heterocycles. The Balaban J connectivity index is 1.47. The van der Waals surface area contributed by atoms with E-state index >= 15 is 0 Å². The highest BCUT2D eigenvalue weighted by Gasteiger charge is 2.42. The predicted octanol–water partition coefficient (Wildman–Crippen LogP) is 5.38. The van der Waals surface area contributed by atoms with Crippen LogP contribution in [-0.4, -0.2) is 20.9 Å². The van der Waals surface area contributed by atoms with Gasteiger partial charge in [0.1, 0.15) is 5.75 Å². The zero-order chi connectivity index (χ0) is 19.2.